The molecule has 2 rings (SSSR count). The minimum atomic E-state index is -3.96. The van der Waals surface area contributed by atoms with Gasteiger partial charge in [-0.05, 0) is 42.3 Å². The topological polar surface area (TPSA) is 126 Å². The van der Waals surface area contributed by atoms with Crippen molar-refractivity contribution in [3.63, 3.8) is 0 Å². The normalized spacial score (nSPS) is 12.3. The van der Waals surface area contributed by atoms with Gasteiger partial charge in [0.05, 0.1) is 12.0 Å². The van der Waals surface area contributed by atoms with Gasteiger partial charge in [-0.3, -0.25) is 25.4 Å². The Bertz CT molecular complexity index is 915. The summed E-state index contributed by atoms with van der Waals surface area (Å²) in [5.41, 5.74) is 4.57. The number of sulfonamides is 1. The van der Waals surface area contributed by atoms with E-state index < -0.39 is 27.9 Å². The highest BCUT2D eigenvalue weighted by molar-refractivity contribution is 7.89. The molecular weight excluding hydrogens is 384 g/mol. The van der Waals surface area contributed by atoms with Crippen molar-refractivity contribution in [1.82, 2.24) is 20.6 Å². The van der Waals surface area contributed by atoms with E-state index in [9.17, 15) is 18.0 Å². The van der Waals surface area contributed by atoms with Crippen molar-refractivity contribution >= 4 is 21.8 Å². The van der Waals surface area contributed by atoms with Crippen molar-refractivity contribution in [1.29, 1.82) is 0 Å². The van der Waals surface area contributed by atoms with Crippen LogP contribution in [0.25, 0.3) is 0 Å². The average molecular weight is 406 g/mol. The van der Waals surface area contributed by atoms with Crippen LogP contribution in [-0.2, 0) is 14.8 Å². The second kappa shape index (κ2) is 9.29. The Morgan fingerprint density at radius 3 is 2.25 bits per heavy atom. The molecule has 2 amide bonds. The molecule has 0 fully saturated rings. The molecular formula is C18H22N4O5S. The number of carbonyl (C=O) groups is 2. The number of methoxy groups -OCH3 is 1. The number of rotatable bonds is 7. The van der Waals surface area contributed by atoms with Crippen LogP contribution in [0.5, 0.6) is 5.75 Å². The minimum absolute atomic E-state index is 0.00993. The molecule has 1 atom stereocenters. The molecule has 0 radical (unpaired) electrons. The Balaban J connectivity index is 2.06. The zero-order chi connectivity index (χ0) is 20.7. The maximum Gasteiger partial charge on any atom is 0.288 e. The number of ether oxygens (including phenoxy) is 1. The van der Waals surface area contributed by atoms with Crippen LogP contribution in [0.3, 0.4) is 0 Å². The lowest BCUT2D eigenvalue weighted by Gasteiger charge is -2.21. The molecule has 2 aromatic rings. The Labute approximate surface area is 163 Å². The number of benzene rings is 1. The van der Waals surface area contributed by atoms with Crippen molar-refractivity contribution in [3.8, 4) is 5.75 Å². The lowest BCUT2D eigenvalue weighted by Crippen LogP contribution is -2.54. The summed E-state index contributed by atoms with van der Waals surface area (Å²) in [7, 11) is -2.48. The van der Waals surface area contributed by atoms with Crippen LogP contribution in [0.2, 0.25) is 0 Å². The van der Waals surface area contributed by atoms with Gasteiger partial charge in [0, 0.05) is 6.20 Å². The van der Waals surface area contributed by atoms with E-state index >= 15 is 0 Å². The number of pyridine rings is 1. The number of hydrogen-bond acceptors (Lipinski definition) is 6. The molecule has 0 saturated heterocycles. The van der Waals surface area contributed by atoms with E-state index in [4.69, 9.17) is 4.74 Å². The number of nitrogens with one attached hydrogen (secondary N) is 3. The third-order valence-electron chi connectivity index (χ3n) is 3.80. The third kappa shape index (κ3) is 5.51. The molecule has 1 heterocycles. The number of hydrogen-bond donors (Lipinski definition) is 3. The van der Waals surface area contributed by atoms with Crippen LogP contribution in [0.15, 0.2) is 53.6 Å². The van der Waals surface area contributed by atoms with Gasteiger partial charge in [-0.15, -0.1) is 0 Å². The predicted molar refractivity (Wildman–Crippen MR) is 102 cm³/mol. The molecule has 0 unspecified atom stereocenters. The van der Waals surface area contributed by atoms with Crippen molar-refractivity contribution in [2.75, 3.05) is 7.11 Å². The minimum Gasteiger partial charge on any atom is -0.497 e. The first-order valence-electron chi connectivity index (χ1n) is 8.42. The second-order valence-electron chi connectivity index (χ2n) is 6.18. The number of aromatic nitrogens is 1. The quantitative estimate of drug-likeness (QED) is 0.585. The van der Waals surface area contributed by atoms with Crippen molar-refractivity contribution in [2.24, 2.45) is 5.92 Å². The van der Waals surface area contributed by atoms with Gasteiger partial charge in [-0.25, -0.2) is 8.42 Å². The van der Waals surface area contributed by atoms with Gasteiger partial charge in [0.25, 0.3) is 11.8 Å². The zero-order valence-electron chi connectivity index (χ0n) is 15.7. The molecule has 1 aromatic heterocycles. The number of amides is 2. The molecule has 10 heteroatoms. The smallest absolute Gasteiger partial charge is 0.288 e. The van der Waals surface area contributed by atoms with E-state index in [0.29, 0.717) is 5.75 Å². The second-order valence-corrected chi connectivity index (χ2v) is 7.89. The van der Waals surface area contributed by atoms with Gasteiger partial charge >= 0.3 is 0 Å². The number of hydrazine groups is 1. The fourth-order valence-electron chi connectivity index (χ4n) is 2.24. The maximum absolute atomic E-state index is 12.6. The average Bonchev–Trinajstić information content (AvgIpc) is 2.70. The monoisotopic (exact) mass is 406 g/mol. The lowest BCUT2D eigenvalue weighted by molar-refractivity contribution is -0.124. The summed E-state index contributed by atoms with van der Waals surface area (Å²) >= 11 is 0. The summed E-state index contributed by atoms with van der Waals surface area (Å²) in [5.74, 6) is -1.18. The van der Waals surface area contributed by atoms with Gasteiger partial charge < -0.3 is 4.74 Å². The van der Waals surface area contributed by atoms with Gasteiger partial charge in [0.1, 0.15) is 17.5 Å². The van der Waals surface area contributed by atoms with E-state index in [-0.39, 0.29) is 16.5 Å². The lowest BCUT2D eigenvalue weighted by atomic mass is 10.1. The molecule has 3 N–H and O–H groups in total. The van der Waals surface area contributed by atoms with Crippen LogP contribution in [0.4, 0.5) is 0 Å². The van der Waals surface area contributed by atoms with Crippen LogP contribution in [0, 0.1) is 5.92 Å². The van der Waals surface area contributed by atoms with E-state index in [0.717, 1.165) is 0 Å². The molecule has 0 bridgehead atoms. The molecule has 28 heavy (non-hydrogen) atoms. The highest BCUT2D eigenvalue weighted by Crippen LogP contribution is 2.16. The first-order chi connectivity index (χ1) is 13.2. The number of nitrogens with zero attached hydrogens (tertiary/aromatic N) is 1. The van der Waals surface area contributed by atoms with Gasteiger partial charge in [-0.2, -0.15) is 4.72 Å². The Morgan fingerprint density at radius 1 is 1.04 bits per heavy atom. The van der Waals surface area contributed by atoms with E-state index in [1.54, 1.807) is 26.0 Å². The summed E-state index contributed by atoms with van der Waals surface area (Å²) in [4.78, 5) is 28.3. The van der Waals surface area contributed by atoms with Gasteiger partial charge in [-0.1, -0.05) is 19.9 Å². The largest absolute Gasteiger partial charge is 0.497 e. The van der Waals surface area contributed by atoms with Crippen LogP contribution < -0.4 is 20.3 Å². The van der Waals surface area contributed by atoms with Crippen molar-refractivity contribution in [3.05, 3.63) is 54.4 Å². The SMILES string of the molecule is COc1ccc(S(=O)(=O)N[C@H](C(=O)NNC(=O)c2ccccn2)C(C)C)cc1. The molecule has 0 aliphatic rings. The molecule has 0 aliphatic heterocycles. The zero-order valence-corrected chi connectivity index (χ0v) is 16.5. The van der Waals surface area contributed by atoms with Crippen LogP contribution in [0.1, 0.15) is 24.3 Å². The summed E-state index contributed by atoms with van der Waals surface area (Å²) in [6, 6.07) is 9.42. The highest BCUT2D eigenvalue weighted by atomic mass is 32.2. The van der Waals surface area contributed by atoms with Crippen molar-refractivity contribution in [2.45, 2.75) is 24.8 Å². The van der Waals surface area contributed by atoms with Crippen LogP contribution >= 0.6 is 0 Å². The Morgan fingerprint density at radius 2 is 1.71 bits per heavy atom. The molecule has 9 nitrogen and oxygen atoms in total. The first-order valence-corrected chi connectivity index (χ1v) is 9.90. The first kappa shape index (κ1) is 21.3. The molecule has 0 saturated carbocycles. The number of carbonyl (C=O) groups excluding carboxylic acids is 2. The van der Waals surface area contributed by atoms with Gasteiger partial charge in [0.15, 0.2) is 0 Å². The standard InChI is InChI=1S/C18H22N4O5S/c1-12(2)16(18(24)21-20-17(23)15-6-4-5-11-19-15)22-28(25,26)14-9-7-13(27-3)8-10-14/h4-12,16,22H,1-3H3,(H,20,23)(H,21,24)/t16-/m0/s1. The van der Waals surface area contributed by atoms with E-state index in [2.05, 4.69) is 20.6 Å². The Hall–Kier alpha value is -2.98. The molecule has 0 spiro atoms. The fraction of sp³-hybridized carbons (Fsp3) is 0.278. The maximum atomic E-state index is 12.6. The molecule has 150 valence electrons. The van der Waals surface area contributed by atoms with E-state index in [1.807, 2.05) is 0 Å². The third-order valence-corrected chi connectivity index (χ3v) is 5.25. The molecule has 0 aliphatic carbocycles. The Kier molecular flexibility index (Phi) is 7.07. The van der Waals surface area contributed by atoms with Gasteiger partial charge in [0.2, 0.25) is 10.0 Å². The van der Waals surface area contributed by atoms with Crippen molar-refractivity contribution < 1.29 is 22.7 Å². The summed E-state index contributed by atoms with van der Waals surface area (Å²) in [5, 5.41) is 0. The molecule has 1 aromatic carbocycles. The predicted octanol–water partition coefficient (Wildman–Crippen LogP) is 0.854. The summed E-state index contributed by atoms with van der Waals surface area (Å²) in [6.07, 6.45) is 1.44. The fourth-order valence-corrected chi connectivity index (χ4v) is 3.58. The summed E-state index contributed by atoms with van der Waals surface area (Å²) in [6.45, 7) is 3.36. The van der Waals surface area contributed by atoms with Crippen LogP contribution in [-0.4, -0.2) is 38.4 Å². The van der Waals surface area contributed by atoms with E-state index in [1.165, 1.54) is 43.6 Å². The summed E-state index contributed by atoms with van der Waals surface area (Å²) < 4.78 is 32.5. The highest BCUT2D eigenvalue weighted by Gasteiger charge is 2.28.